The molecule has 0 saturated carbocycles. The molecule has 3 heterocycles. The Kier molecular flexibility index (Phi) is 9.83. The van der Waals surface area contributed by atoms with Gasteiger partial charge in [0.2, 0.25) is 0 Å². The van der Waals surface area contributed by atoms with Crippen molar-refractivity contribution < 1.29 is 18.9 Å². The minimum atomic E-state index is 0.511. The fourth-order valence-corrected chi connectivity index (χ4v) is 6.02. The third kappa shape index (κ3) is 7.45. The molecule has 6 heteroatoms. The molecule has 38 heavy (non-hydrogen) atoms. The maximum absolute atomic E-state index is 6.06. The van der Waals surface area contributed by atoms with E-state index in [0.717, 1.165) is 35.1 Å². The molecule has 0 atom stereocenters. The largest absolute Gasteiger partial charge is 0.496 e. The van der Waals surface area contributed by atoms with E-state index in [9.17, 15) is 0 Å². The SMILES string of the molecule is C1=C/c2cscc2CCOCc2ccccc2CO/C=C/c2cscc2CCOCc2ccccc2CO/1. The first-order chi connectivity index (χ1) is 18.9. The summed E-state index contributed by atoms with van der Waals surface area (Å²) in [5, 5.41) is 8.68. The molecular formula is C32H32O4S2. The van der Waals surface area contributed by atoms with Crippen LogP contribution < -0.4 is 0 Å². The summed E-state index contributed by atoms with van der Waals surface area (Å²) in [6.07, 6.45) is 9.39. The van der Waals surface area contributed by atoms with E-state index < -0.39 is 0 Å². The molecule has 1 aliphatic rings. The molecule has 0 saturated heterocycles. The highest BCUT2D eigenvalue weighted by atomic mass is 32.1. The Bertz CT molecular complexity index is 1250. The number of rotatable bonds is 0. The lowest BCUT2D eigenvalue weighted by Gasteiger charge is -2.11. The Balaban J connectivity index is 1.29. The van der Waals surface area contributed by atoms with Crippen LogP contribution in [0.15, 0.2) is 82.6 Å². The topological polar surface area (TPSA) is 36.9 Å². The van der Waals surface area contributed by atoms with Crippen LogP contribution in [0.1, 0.15) is 44.5 Å². The standard InChI is InChI=1S/C32H32O4S2/c1-2-6-26-18-34-14-10-30-22-38-24-32(30)12-16-36-20-28-8-4-3-7-27(28)19-35-15-11-31-23-37-21-29(31)9-13-33-17-25(26)5-1/h1-9,12-13,16,21-24H,10-11,14-15,17-20H2/b13-9+,16-12+. The van der Waals surface area contributed by atoms with Gasteiger partial charge in [-0.3, -0.25) is 0 Å². The van der Waals surface area contributed by atoms with Crippen LogP contribution in [0.5, 0.6) is 0 Å². The number of fused-ring (bicyclic) bond motifs is 4. The van der Waals surface area contributed by atoms with Crippen LogP contribution in [-0.2, 0) is 58.2 Å². The van der Waals surface area contributed by atoms with Gasteiger partial charge in [0.05, 0.1) is 39.0 Å². The maximum Gasteiger partial charge on any atom is 0.113 e. The number of ether oxygens (including phenoxy) is 4. The van der Waals surface area contributed by atoms with E-state index in [0.29, 0.717) is 39.6 Å². The lowest BCUT2D eigenvalue weighted by Crippen LogP contribution is -2.03. The quantitative estimate of drug-likeness (QED) is 0.225. The molecule has 0 bridgehead atoms. The number of benzene rings is 2. The Morgan fingerprint density at radius 2 is 0.895 bits per heavy atom. The first kappa shape index (κ1) is 26.4. The minimum Gasteiger partial charge on any atom is -0.496 e. The van der Waals surface area contributed by atoms with Crippen LogP contribution in [0.4, 0.5) is 0 Å². The summed E-state index contributed by atoms with van der Waals surface area (Å²) in [5.74, 6) is 0. The molecule has 4 nitrogen and oxygen atoms in total. The number of thiophene rings is 2. The van der Waals surface area contributed by atoms with Crippen molar-refractivity contribution in [3.8, 4) is 0 Å². The van der Waals surface area contributed by atoms with Crippen molar-refractivity contribution >= 4 is 34.8 Å². The van der Waals surface area contributed by atoms with E-state index in [-0.39, 0.29) is 0 Å². The van der Waals surface area contributed by atoms with Crippen molar-refractivity contribution in [2.45, 2.75) is 39.3 Å². The molecule has 0 unspecified atom stereocenters. The van der Waals surface area contributed by atoms with Gasteiger partial charge in [-0.1, -0.05) is 48.5 Å². The normalized spacial score (nSPS) is 17.3. The van der Waals surface area contributed by atoms with Gasteiger partial charge in [0.25, 0.3) is 0 Å². The second kappa shape index (κ2) is 14.1. The molecule has 2 aromatic heterocycles. The monoisotopic (exact) mass is 544 g/mol. The van der Waals surface area contributed by atoms with E-state index in [1.54, 1.807) is 35.2 Å². The third-order valence-corrected chi connectivity index (χ3v) is 8.12. The molecule has 5 rings (SSSR count). The highest BCUT2D eigenvalue weighted by molar-refractivity contribution is 7.08. The smallest absolute Gasteiger partial charge is 0.113 e. The summed E-state index contributed by atoms with van der Waals surface area (Å²) >= 11 is 3.40. The fourth-order valence-electron chi connectivity index (χ4n) is 4.29. The predicted molar refractivity (Wildman–Crippen MR) is 156 cm³/mol. The van der Waals surface area contributed by atoms with Crippen LogP contribution in [0.3, 0.4) is 0 Å². The molecule has 4 aromatic rings. The molecule has 0 radical (unpaired) electrons. The second-order valence-electron chi connectivity index (χ2n) is 9.07. The van der Waals surface area contributed by atoms with Crippen molar-refractivity contribution in [1.29, 1.82) is 0 Å². The van der Waals surface area contributed by atoms with Crippen molar-refractivity contribution in [2.75, 3.05) is 13.2 Å². The molecule has 0 amide bonds. The van der Waals surface area contributed by atoms with Gasteiger partial charge in [-0.15, -0.1) is 0 Å². The van der Waals surface area contributed by atoms with Gasteiger partial charge in [0.1, 0.15) is 13.2 Å². The Morgan fingerprint density at radius 3 is 1.34 bits per heavy atom. The second-order valence-corrected chi connectivity index (χ2v) is 10.6. The third-order valence-electron chi connectivity index (χ3n) is 6.50. The summed E-state index contributed by atoms with van der Waals surface area (Å²) in [4.78, 5) is 0. The van der Waals surface area contributed by atoms with Crippen molar-refractivity contribution in [3.05, 3.63) is 127 Å². The van der Waals surface area contributed by atoms with Crippen molar-refractivity contribution in [2.24, 2.45) is 0 Å². The lowest BCUT2D eigenvalue weighted by atomic mass is 10.1. The highest BCUT2D eigenvalue weighted by Gasteiger charge is 2.07. The predicted octanol–water partition coefficient (Wildman–Crippen LogP) is 8.02. The van der Waals surface area contributed by atoms with Gasteiger partial charge in [0, 0.05) is 0 Å². The average molecular weight is 545 g/mol. The van der Waals surface area contributed by atoms with E-state index in [1.807, 2.05) is 36.4 Å². The number of hydrogen-bond acceptors (Lipinski definition) is 6. The molecule has 2 aromatic carbocycles. The first-order valence-corrected chi connectivity index (χ1v) is 14.7. The van der Waals surface area contributed by atoms with Gasteiger partial charge >= 0.3 is 0 Å². The highest BCUT2D eigenvalue weighted by Crippen LogP contribution is 2.21. The molecular weight excluding hydrogens is 512 g/mol. The van der Waals surface area contributed by atoms with Crippen LogP contribution in [-0.4, -0.2) is 13.2 Å². The summed E-state index contributed by atoms with van der Waals surface area (Å²) < 4.78 is 24.0. The van der Waals surface area contributed by atoms with Crippen LogP contribution in [0, 0.1) is 0 Å². The molecule has 0 N–H and O–H groups in total. The molecule has 0 spiro atoms. The maximum atomic E-state index is 6.06. The Hall–Kier alpha value is -3.16. The zero-order valence-corrected chi connectivity index (χ0v) is 23.0. The van der Waals surface area contributed by atoms with Crippen LogP contribution in [0.2, 0.25) is 0 Å². The van der Waals surface area contributed by atoms with E-state index in [2.05, 4.69) is 45.8 Å². The molecule has 0 fully saturated rings. The van der Waals surface area contributed by atoms with Crippen molar-refractivity contribution in [1.82, 2.24) is 0 Å². The molecule has 1 aliphatic heterocycles. The summed E-state index contributed by atoms with van der Waals surface area (Å²) in [7, 11) is 0. The van der Waals surface area contributed by atoms with Gasteiger partial charge in [-0.2, -0.15) is 22.7 Å². The van der Waals surface area contributed by atoms with Crippen LogP contribution in [0.25, 0.3) is 12.2 Å². The Morgan fingerprint density at radius 1 is 0.474 bits per heavy atom. The van der Waals surface area contributed by atoms with E-state index in [4.69, 9.17) is 18.9 Å². The van der Waals surface area contributed by atoms with Gasteiger partial charge in [0.15, 0.2) is 0 Å². The van der Waals surface area contributed by atoms with Gasteiger partial charge < -0.3 is 18.9 Å². The van der Waals surface area contributed by atoms with E-state index in [1.165, 1.54) is 22.3 Å². The number of hydrogen-bond donors (Lipinski definition) is 0. The zero-order chi connectivity index (χ0) is 25.8. The Labute approximate surface area is 232 Å². The average Bonchev–Trinajstić information content (AvgIpc) is 3.59. The zero-order valence-electron chi connectivity index (χ0n) is 21.3. The summed E-state index contributed by atoms with van der Waals surface area (Å²) in [5.41, 5.74) is 9.49. The molecule has 196 valence electrons. The van der Waals surface area contributed by atoms with Crippen LogP contribution >= 0.6 is 22.7 Å². The van der Waals surface area contributed by atoms with Gasteiger partial charge in [-0.05, 0) is 91.0 Å². The first-order valence-electron chi connectivity index (χ1n) is 12.8. The lowest BCUT2D eigenvalue weighted by molar-refractivity contribution is 0.121. The minimum absolute atomic E-state index is 0.511. The summed E-state index contributed by atoms with van der Waals surface area (Å²) in [6, 6.07) is 16.6. The fraction of sp³-hybridized carbons (Fsp3) is 0.250. The summed E-state index contributed by atoms with van der Waals surface area (Å²) in [6.45, 7) is 3.46. The van der Waals surface area contributed by atoms with Gasteiger partial charge in [-0.25, -0.2) is 0 Å². The molecule has 0 aliphatic carbocycles. The van der Waals surface area contributed by atoms with E-state index >= 15 is 0 Å². The van der Waals surface area contributed by atoms with Crippen molar-refractivity contribution in [3.63, 3.8) is 0 Å².